The number of piperidine rings is 1. The molecular weight excluding hydrogens is 388 g/mol. The van der Waals surface area contributed by atoms with Crippen LogP contribution in [0, 0.1) is 17.0 Å². The van der Waals surface area contributed by atoms with Crippen LogP contribution in [0.5, 0.6) is 11.8 Å². The van der Waals surface area contributed by atoms with E-state index in [1.807, 2.05) is 0 Å². The molecule has 1 saturated heterocycles. The van der Waals surface area contributed by atoms with Gasteiger partial charge in [0.2, 0.25) is 21.8 Å². The molecule has 0 spiro atoms. The molecule has 0 saturated carbocycles. The summed E-state index contributed by atoms with van der Waals surface area (Å²) in [5.41, 5.74) is 0.188. The minimum Gasteiger partial charge on any atom is -0.480 e. The molecule has 150 valence electrons. The van der Waals surface area contributed by atoms with Crippen LogP contribution in [0.2, 0.25) is 0 Å². The Bertz CT molecular complexity index is 981. The smallest absolute Gasteiger partial charge is 0.270 e. The average molecular weight is 408 g/mol. The normalized spacial score (nSPS) is 17.9. The zero-order chi connectivity index (χ0) is 20.3. The molecular formula is C17H20N4O6S. The van der Waals surface area contributed by atoms with Crippen molar-refractivity contribution in [3.8, 4) is 11.8 Å². The van der Waals surface area contributed by atoms with E-state index < -0.39 is 21.1 Å². The first-order valence-corrected chi connectivity index (χ1v) is 10.0. The first-order chi connectivity index (χ1) is 13.3. The molecule has 0 amide bonds. The number of nitro benzene ring substituents is 1. The van der Waals surface area contributed by atoms with E-state index in [4.69, 9.17) is 9.47 Å². The summed E-state index contributed by atoms with van der Waals surface area (Å²) >= 11 is 0. The molecule has 2 heterocycles. The standard InChI is InChI=1S/C17H20N4O6S/c1-12-5-6-13(21(22)23)8-15(12)28(24,25)20-7-3-4-14(11-20)27-17-10-18-9-16(19-17)26-2/h5-6,8-10,14H,3-4,7,11H2,1-2H3. The third-order valence-electron chi connectivity index (χ3n) is 4.43. The summed E-state index contributed by atoms with van der Waals surface area (Å²) in [6.45, 7) is 2.04. The number of sulfonamides is 1. The van der Waals surface area contributed by atoms with Gasteiger partial charge in [-0.2, -0.15) is 9.29 Å². The van der Waals surface area contributed by atoms with Crippen LogP contribution >= 0.6 is 0 Å². The van der Waals surface area contributed by atoms with E-state index in [1.54, 1.807) is 6.92 Å². The van der Waals surface area contributed by atoms with Gasteiger partial charge in [0, 0.05) is 18.7 Å². The molecule has 1 atom stereocenters. The van der Waals surface area contributed by atoms with E-state index in [-0.39, 0.29) is 23.0 Å². The van der Waals surface area contributed by atoms with Crippen molar-refractivity contribution in [1.82, 2.24) is 14.3 Å². The summed E-state index contributed by atoms with van der Waals surface area (Å²) in [6.07, 6.45) is 3.70. The Morgan fingerprint density at radius 2 is 2.04 bits per heavy atom. The Morgan fingerprint density at radius 1 is 1.29 bits per heavy atom. The number of nitro groups is 1. The largest absolute Gasteiger partial charge is 0.480 e. The number of hydrogen-bond acceptors (Lipinski definition) is 8. The van der Waals surface area contributed by atoms with Gasteiger partial charge < -0.3 is 9.47 Å². The molecule has 0 radical (unpaired) electrons. The number of aryl methyl sites for hydroxylation is 1. The maximum absolute atomic E-state index is 13.1. The van der Waals surface area contributed by atoms with Crippen molar-refractivity contribution in [2.75, 3.05) is 20.2 Å². The number of ether oxygens (including phenoxy) is 2. The molecule has 28 heavy (non-hydrogen) atoms. The fraction of sp³-hybridized carbons (Fsp3) is 0.412. The van der Waals surface area contributed by atoms with Gasteiger partial charge in [-0.1, -0.05) is 6.07 Å². The highest BCUT2D eigenvalue weighted by Crippen LogP contribution is 2.28. The first-order valence-electron chi connectivity index (χ1n) is 8.59. The molecule has 11 heteroatoms. The summed E-state index contributed by atoms with van der Waals surface area (Å²) in [5, 5.41) is 11.0. The minimum atomic E-state index is -3.90. The van der Waals surface area contributed by atoms with Crippen LogP contribution in [0.4, 0.5) is 5.69 Å². The van der Waals surface area contributed by atoms with Crippen molar-refractivity contribution in [3.63, 3.8) is 0 Å². The average Bonchev–Trinajstić information content (AvgIpc) is 2.68. The van der Waals surface area contributed by atoms with Crippen LogP contribution < -0.4 is 9.47 Å². The molecule has 1 aliphatic heterocycles. The van der Waals surface area contributed by atoms with Crippen LogP contribution in [0.15, 0.2) is 35.5 Å². The molecule has 0 aliphatic carbocycles. The van der Waals surface area contributed by atoms with Gasteiger partial charge in [0.1, 0.15) is 6.10 Å². The zero-order valence-electron chi connectivity index (χ0n) is 15.4. The summed E-state index contributed by atoms with van der Waals surface area (Å²) in [5.74, 6) is 0.542. The second-order valence-corrected chi connectivity index (χ2v) is 8.26. The number of nitrogens with zero attached hydrogens (tertiary/aromatic N) is 4. The van der Waals surface area contributed by atoms with Gasteiger partial charge in [0.25, 0.3) is 5.69 Å². The second-order valence-electron chi connectivity index (χ2n) is 6.35. The van der Waals surface area contributed by atoms with E-state index >= 15 is 0 Å². The van der Waals surface area contributed by atoms with E-state index in [1.165, 1.54) is 35.9 Å². The maximum Gasteiger partial charge on any atom is 0.270 e. The number of benzene rings is 1. The van der Waals surface area contributed by atoms with Crippen LogP contribution in [-0.4, -0.2) is 53.9 Å². The Balaban J connectivity index is 1.81. The quantitative estimate of drug-likeness (QED) is 0.524. The molecule has 1 aliphatic rings. The Morgan fingerprint density at radius 3 is 2.75 bits per heavy atom. The van der Waals surface area contributed by atoms with Crippen LogP contribution in [-0.2, 0) is 10.0 Å². The van der Waals surface area contributed by atoms with Gasteiger partial charge in [-0.25, -0.2) is 8.42 Å². The van der Waals surface area contributed by atoms with E-state index in [0.717, 1.165) is 6.07 Å². The van der Waals surface area contributed by atoms with Crippen molar-refractivity contribution < 1.29 is 22.8 Å². The number of hydrogen-bond donors (Lipinski definition) is 0. The Labute approximate surface area is 162 Å². The fourth-order valence-electron chi connectivity index (χ4n) is 3.00. The molecule has 0 N–H and O–H groups in total. The lowest BCUT2D eigenvalue weighted by Crippen LogP contribution is -2.44. The summed E-state index contributed by atoms with van der Waals surface area (Å²) in [4.78, 5) is 18.4. The molecule has 1 aromatic carbocycles. The van der Waals surface area contributed by atoms with Crippen LogP contribution in [0.25, 0.3) is 0 Å². The summed E-state index contributed by atoms with van der Waals surface area (Å²) in [7, 11) is -2.44. The molecule has 1 unspecified atom stereocenters. The Hall–Kier alpha value is -2.79. The minimum absolute atomic E-state index is 0.0662. The van der Waals surface area contributed by atoms with Gasteiger partial charge in [-0.3, -0.25) is 15.1 Å². The second kappa shape index (κ2) is 8.07. The number of non-ortho nitro benzene ring substituents is 1. The van der Waals surface area contributed by atoms with Gasteiger partial charge in [0.05, 0.1) is 35.9 Å². The monoisotopic (exact) mass is 408 g/mol. The summed E-state index contributed by atoms with van der Waals surface area (Å²) in [6, 6.07) is 3.83. The van der Waals surface area contributed by atoms with Crippen molar-refractivity contribution >= 4 is 15.7 Å². The summed E-state index contributed by atoms with van der Waals surface area (Å²) < 4.78 is 38.2. The van der Waals surface area contributed by atoms with E-state index in [0.29, 0.717) is 30.8 Å². The number of rotatable bonds is 6. The van der Waals surface area contributed by atoms with E-state index in [9.17, 15) is 18.5 Å². The molecule has 1 aromatic heterocycles. The maximum atomic E-state index is 13.1. The molecule has 3 rings (SSSR count). The number of methoxy groups -OCH3 is 1. The predicted octanol–water partition coefficient (Wildman–Crippen LogP) is 1.93. The molecule has 1 fully saturated rings. The lowest BCUT2D eigenvalue weighted by atomic mass is 10.1. The third-order valence-corrected chi connectivity index (χ3v) is 6.44. The molecule has 2 aromatic rings. The first kappa shape index (κ1) is 20.0. The van der Waals surface area contributed by atoms with Gasteiger partial charge >= 0.3 is 0 Å². The van der Waals surface area contributed by atoms with Crippen LogP contribution in [0.1, 0.15) is 18.4 Å². The lowest BCUT2D eigenvalue weighted by molar-refractivity contribution is -0.385. The highest BCUT2D eigenvalue weighted by molar-refractivity contribution is 7.89. The van der Waals surface area contributed by atoms with Crippen molar-refractivity contribution in [2.45, 2.75) is 30.8 Å². The number of aromatic nitrogens is 2. The topological polar surface area (TPSA) is 125 Å². The van der Waals surface area contributed by atoms with Crippen molar-refractivity contribution in [3.05, 3.63) is 46.3 Å². The predicted molar refractivity (Wildman–Crippen MR) is 98.8 cm³/mol. The highest BCUT2D eigenvalue weighted by Gasteiger charge is 2.33. The molecule has 10 nitrogen and oxygen atoms in total. The zero-order valence-corrected chi connectivity index (χ0v) is 16.3. The van der Waals surface area contributed by atoms with Gasteiger partial charge in [-0.05, 0) is 25.3 Å². The third kappa shape index (κ3) is 4.20. The van der Waals surface area contributed by atoms with Gasteiger partial charge in [0.15, 0.2) is 0 Å². The molecule has 0 bridgehead atoms. The van der Waals surface area contributed by atoms with Crippen molar-refractivity contribution in [1.29, 1.82) is 0 Å². The SMILES string of the molecule is COc1cncc(OC2CCCN(S(=O)(=O)c3cc([N+](=O)[O-])ccc3C)C2)n1. The van der Waals surface area contributed by atoms with Crippen LogP contribution in [0.3, 0.4) is 0 Å². The lowest BCUT2D eigenvalue weighted by Gasteiger charge is -2.32. The van der Waals surface area contributed by atoms with E-state index in [2.05, 4.69) is 9.97 Å². The highest BCUT2D eigenvalue weighted by atomic mass is 32.2. The fourth-order valence-corrected chi connectivity index (χ4v) is 4.75. The Kier molecular flexibility index (Phi) is 5.75. The van der Waals surface area contributed by atoms with Gasteiger partial charge in [-0.15, -0.1) is 0 Å². The van der Waals surface area contributed by atoms with Crippen molar-refractivity contribution in [2.24, 2.45) is 0 Å².